The van der Waals surface area contributed by atoms with Gasteiger partial charge in [0, 0.05) is 52.8 Å². The van der Waals surface area contributed by atoms with Crippen LogP contribution in [0.2, 0.25) is 0 Å². The van der Waals surface area contributed by atoms with Crippen LogP contribution in [-0.2, 0) is 0 Å². The summed E-state index contributed by atoms with van der Waals surface area (Å²) in [6.45, 7) is 1.70. The van der Waals surface area contributed by atoms with E-state index in [1.54, 1.807) is 12.1 Å². The maximum atomic E-state index is 13.5. The van der Waals surface area contributed by atoms with E-state index in [2.05, 4.69) is 17.2 Å². The lowest BCUT2D eigenvalue weighted by atomic mass is 9.89. The van der Waals surface area contributed by atoms with E-state index < -0.39 is 0 Å². The predicted octanol–water partition coefficient (Wildman–Crippen LogP) is 5.78. The molecule has 1 N–H and O–H groups in total. The molecule has 0 unspecified atom stereocenters. The molecule has 1 fully saturated rings. The monoisotopic (exact) mass is 405 g/mol. The lowest BCUT2D eigenvalue weighted by Gasteiger charge is -2.45. The molecule has 4 rings (SSSR count). The molecule has 3 atom stereocenters. The van der Waals surface area contributed by atoms with E-state index >= 15 is 0 Å². The number of benzene rings is 2. The van der Waals surface area contributed by atoms with Crippen molar-refractivity contribution in [1.82, 2.24) is 4.90 Å². The molecule has 0 saturated carbocycles. The van der Waals surface area contributed by atoms with Gasteiger partial charge in [-0.1, -0.05) is 18.2 Å². The van der Waals surface area contributed by atoms with Gasteiger partial charge in [0.15, 0.2) is 0 Å². The van der Waals surface area contributed by atoms with Gasteiger partial charge in [-0.2, -0.15) is 11.8 Å². The van der Waals surface area contributed by atoms with E-state index in [1.165, 1.54) is 11.1 Å². The van der Waals surface area contributed by atoms with Crippen molar-refractivity contribution >= 4 is 23.8 Å². The minimum Gasteiger partial charge on any atom is -0.493 e. The fraction of sp³-hybridized carbons (Fsp3) is 0.429. The van der Waals surface area contributed by atoms with Crippen LogP contribution in [0.4, 0.5) is 4.39 Å². The van der Waals surface area contributed by atoms with E-state index in [4.69, 9.17) is 4.74 Å². The SMILES string of the molecule is CS[C@H]1CCN([C@@H]2CCOc3cc(SO)ccc32)[C@@H](c2ccc(F)cc2)C1. The Morgan fingerprint density at radius 1 is 1.11 bits per heavy atom. The van der Waals surface area contributed by atoms with Crippen molar-refractivity contribution in [2.75, 3.05) is 19.4 Å². The molecule has 1 saturated heterocycles. The normalized spacial score (nSPS) is 25.7. The Morgan fingerprint density at radius 3 is 2.67 bits per heavy atom. The van der Waals surface area contributed by atoms with Gasteiger partial charge in [-0.25, -0.2) is 4.39 Å². The molecule has 3 nitrogen and oxygen atoms in total. The van der Waals surface area contributed by atoms with Crippen LogP contribution in [0, 0.1) is 5.82 Å². The fourth-order valence-electron chi connectivity index (χ4n) is 4.30. The van der Waals surface area contributed by atoms with Crippen LogP contribution in [0.3, 0.4) is 0 Å². The second-order valence-corrected chi connectivity index (χ2v) is 8.92. The maximum Gasteiger partial charge on any atom is 0.125 e. The van der Waals surface area contributed by atoms with Crippen LogP contribution in [-0.4, -0.2) is 34.1 Å². The molecule has 2 aromatic rings. The summed E-state index contributed by atoms with van der Waals surface area (Å²) >= 11 is 2.68. The van der Waals surface area contributed by atoms with Crippen molar-refractivity contribution < 1.29 is 13.7 Å². The van der Waals surface area contributed by atoms with Gasteiger partial charge in [-0.05, 0) is 48.9 Å². The maximum absolute atomic E-state index is 13.5. The molecule has 2 aliphatic heterocycles. The minimum atomic E-state index is -0.187. The lowest BCUT2D eigenvalue weighted by molar-refractivity contribution is 0.0690. The van der Waals surface area contributed by atoms with Crippen LogP contribution in [0.15, 0.2) is 47.4 Å². The first kappa shape index (κ1) is 19.1. The minimum absolute atomic E-state index is 0.187. The number of piperidine rings is 1. The number of halogens is 1. The van der Waals surface area contributed by atoms with E-state index in [0.717, 1.165) is 48.5 Å². The van der Waals surface area contributed by atoms with Gasteiger partial charge in [0.25, 0.3) is 0 Å². The van der Waals surface area contributed by atoms with Gasteiger partial charge in [0.05, 0.1) is 6.61 Å². The largest absolute Gasteiger partial charge is 0.493 e. The molecule has 2 aliphatic rings. The van der Waals surface area contributed by atoms with Gasteiger partial charge in [-0.15, -0.1) is 0 Å². The van der Waals surface area contributed by atoms with Crippen LogP contribution in [0.5, 0.6) is 5.75 Å². The zero-order chi connectivity index (χ0) is 18.8. The molecule has 0 radical (unpaired) electrons. The molecule has 27 heavy (non-hydrogen) atoms. The summed E-state index contributed by atoms with van der Waals surface area (Å²) in [7, 11) is 0. The van der Waals surface area contributed by atoms with Crippen molar-refractivity contribution in [3.05, 3.63) is 59.4 Å². The van der Waals surface area contributed by atoms with Gasteiger partial charge in [0.1, 0.15) is 11.6 Å². The highest BCUT2D eigenvalue weighted by Crippen LogP contribution is 2.45. The van der Waals surface area contributed by atoms with Crippen LogP contribution in [0.25, 0.3) is 0 Å². The Kier molecular flexibility index (Phi) is 5.97. The third kappa shape index (κ3) is 3.99. The van der Waals surface area contributed by atoms with Crippen molar-refractivity contribution in [3.8, 4) is 5.75 Å². The second-order valence-electron chi connectivity index (χ2n) is 7.13. The number of nitrogens with zero attached hydrogens (tertiary/aromatic N) is 1. The first-order valence-electron chi connectivity index (χ1n) is 9.31. The quantitative estimate of drug-likeness (QED) is 0.652. The van der Waals surface area contributed by atoms with Gasteiger partial charge < -0.3 is 9.29 Å². The number of hydrogen-bond donors (Lipinski definition) is 1. The summed E-state index contributed by atoms with van der Waals surface area (Å²) in [5.74, 6) is 0.683. The Bertz CT molecular complexity index is 786. The number of fused-ring (bicyclic) bond motifs is 1. The molecule has 0 aliphatic carbocycles. The van der Waals surface area contributed by atoms with Crippen molar-refractivity contribution in [3.63, 3.8) is 0 Å². The van der Waals surface area contributed by atoms with Gasteiger partial charge >= 0.3 is 0 Å². The Hall–Kier alpha value is -1.21. The first-order chi connectivity index (χ1) is 13.2. The smallest absolute Gasteiger partial charge is 0.125 e. The van der Waals surface area contributed by atoms with Crippen LogP contribution < -0.4 is 4.74 Å². The van der Waals surface area contributed by atoms with Gasteiger partial charge in [0.2, 0.25) is 0 Å². The molecule has 0 bridgehead atoms. The molecule has 0 amide bonds. The summed E-state index contributed by atoms with van der Waals surface area (Å²) in [6.07, 6.45) is 5.36. The van der Waals surface area contributed by atoms with Crippen LogP contribution >= 0.6 is 23.8 Å². The second kappa shape index (κ2) is 8.43. The molecule has 0 spiro atoms. The Labute approximate surface area is 168 Å². The molecule has 0 aromatic heterocycles. The highest BCUT2D eigenvalue weighted by molar-refractivity contribution is 7.99. The fourth-order valence-corrected chi connectivity index (χ4v) is 5.31. The van der Waals surface area contributed by atoms with E-state index in [9.17, 15) is 8.94 Å². The summed E-state index contributed by atoms with van der Waals surface area (Å²) < 4.78 is 28.7. The van der Waals surface area contributed by atoms with E-state index in [0.29, 0.717) is 11.9 Å². The third-order valence-corrected chi connectivity index (χ3v) is 7.24. The van der Waals surface area contributed by atoms with E-state index in [1.807, 2.05) is 36.0 Å². The molecular weight excluding hydrogens is 381 g/mol. The van der Waals surface area contributed by atoms with Gasteiger partial charge in [-0.3, -0.25) is 4.90 Å². The third-order valence-electron chi connectivity index (χ3n) is 5.68. The first-order valence-corrected chi connectivity index (χ1v) is 11.4. The molecule has 2 aromatic carbocycles. The van der Waals surface area contributed by atoms with Crippen molar-refractivity contribution in [2.24, 2.45) is 0 Å². The molecular formula is C21H24FNO2S2. The summed E-state index contributed by atoms with van der Waals surface area (Å²) in [5, 5.41) is 0.628. The average Bonchev–Trinajstić information content (AvgIpc) is 2.73. The number of likely N-dealkylation sites (tertiary alicyclic amines) is 1. The predicted molar refractivity (Wildman–Crippen MR) is 110 cm³/mol. The Morgan fingerprint density at radius 2 is 1.93 bits per heavy atom. The molecule has 144 valence electrons. The average molecular weight is 406 g/mol. The van der Waals surface area contributed by atoms with Crippen molar-refractivity contribution in [2.45, 2.75) is 41.5 Å². The van der Waals surface area contributed by atoms with Crippen molar-refractivity contribution in [1.29, 1.82) is 0 Å². The van der Waals surface area contributed by atoms with Crippen LogP contribution in [0.1, 0.15) is 42.5 Å². The molecule has 6 heteroatoms. The highest BCUT2D eigenvalue weighted by atomic mass is 32.2. The lowest BCUT2D eigenvalue weighted by Crippen LogP contribution is -2.41. The summed E-state index contributed by atoms with van der Waals surface area (Å²) in [4.78, 5) is 3.37. The topological polar surface area (TPSA) is 32.7 Å². The zero-order valence-corrected chi connectivity index (χ0v) is 16.9. The number of hydrogen-bond acceptors (Lipinski definition) is 5. The zero-order valence-electron chi connectivity index (χ0n) is 15.3. The molecule has 2 heterocycles. The standard InChI is InChI=1S/C21H24FNO2S2/c1-26-16-8-10-23(20(12-16)14-2-4-15(22)5-3-14)19-9-11-25-21-13-17(27-24)6-7-18(19)21/h2-7,13,16,19-20,24H,8-12H2,1H3/t16-,19+,20+/m0/s1. The van der Waals surface area contributed by atoms with E-state index in [-0.39, 0.29) is 17.9 Å². The summed E-state index contributed by atoms with van der Waals surface area (Å²) in [5.41, 5.74) is 2.37. The Balaban J connectivity index is 1.67. The highest BCUT2D eigenvalue weighted by Gasteiger charge is 2.36. The number of rotatable bonds is 4. The number of thioether (sulfide) groups is 1. The summed E-state index contributed by atoms with van der Waals surface area (Å²) in [6, 6.07) is 13.5. The number of ether oxygens (including phenoxy) is 1.